The molecule has 0 amide bonds. The van der Waals surface area contributed by atoms with E-state index in [2.05, 4.69) is 140 Å². The molecule has 2 heterocycles. The van der Waals surface area contributed by atoms with Crippen LogP contribution in [0.5, 0.6) is 0 Å². The zero-order valence-electron chi connectivity index (χ0n) is 28.5. The summed E-state index contributed by atoms with van der Waals surface area (Å²) < 4.78 is 6.28. The molecule has 2 aromatic heterocycles. The van der Waals surface area contributed by atoms with Gasteiger partial charge in [-0.1, -0.05) is 164 Å². The minimum atomic E-state index is 0.631. The number of hydrogen-bond acceptors (Lipinski definition) is 4. The van der Waals surface area contributed by atoms with Crippen molar-refractivity contribution < 1.29 is 4.42 Å². The second-order valence-corrected chi connectivity index (χ2v) is 13.5. The van der Waals surface area contributed by atoms with Crippen molar-refractivity contribution >= 4 is 65.0 Å². The molecule has 0 saturated heterocycles. The van der Waals surface area contributed by atoms with Gasteiger partial charge in [-0.25, -0.2) is 15.0 Å². The molecule has 4 nitrogen and oxygen atoms in total. The van der Waals surface area contributed by atoms with Gasteiger partial charge in [0.05, 0.1) is 0 Å². The zero-order chi connectivity index (χ0) is 34.9. The average Bonchev–Trinajstić information content (AvgIpc) is 3.62. The molecule has 0 spiro atoms. The number of hydrogen-bond donors (Lipinski definition) is 0. The van der Waals surface area contributed by atoms with E-state index in [9.17, 15) is 0 Å². The van der Waals surface area contributed by atoms with Crippen LogP contribution in [-0.2, 0) is 0 Å². The maximum absolute atomic E-state index is 6.28. The molecule has 0 N–H and O–H groups in total. The number of para-hydroxylation sites is 1. The van der Waals surface area contributed by atoms with Crippen LogP contribution in [-0.4, -0.2) is 15.0 Å². The number of benzene rings is 9. The smallest absolute Gasteiger partial charge is 0.164 e. The Morgan fingerprint density at radius 2 is 0.811 bits per heavy atom. The summed E-state index contributed by atoms with van der Waals surface area (Å²) >= 11 is 0. The molecule has 0 aliphatic heterocycles. The maximum Gasteiger partial charge on any atom is 0.164 e. The molecule has 0 unspecified atom stereocenters. The maximum atomic E-state index is 6.28. The summed E-state index contributed by atoms with van der Waals surface area (Å²) in [7, 11) is 0. The standard InChI is InChI=1S/C49H29N3O/c1-2-13-32(14-3-1)47-50-48(52-49(51-47)41-23-10-20-38-37(41)29-28-31-27-26-30-12-4-5-15-33(30)45(31)38)40-22-9-17-34-35(18-8-19-36(34)40)39-21-11-25-44-46(39)42-16-6-7-24-43(42)53-44/h1-29H. The Labute approximate surface area is 304 Å². The number of furan rings is 1. The lowest BCUT2D eigenvalue weighted by atomic mass is 9.92. The Bertz CT molecular complexity index is 3240. The van der Waals surface area contributed by atoms with E-state index in [-0.39, 0.29) is 0 Å². The Balaban J connectivity index is 1.16. The summed E-state index contributed by atoms with van der Waals surface area (Å²) in [4.78, 5) is 15.6. The topological polar surface area (TPSA) is 51.8 Å². The van der Waals surface area contributed by atoms with Crippen LogP contribution in [0.4, 0.5) is 0 Å². The molecular weight excluding hydrogens is 647 g/mol. The van der Waals surface area contributed by atoms with Gasteiger partial charge < -0.3 is 4.42 Å². The van der Waals surface area contributed by atoms with Crippen molar-refractivity contribution in [2.24, 2.45) is 0 Å². The first-order chi connectivity index (χ1) is 26.3. The highest BCUT2D eigenvalue weighted by molar-refractivity contribution is 6.22. The first-order valence-corrected chi connectivity index (χ1v) is 17.9. The summed E-state index contributed by atoms with van der Waals surface area (Å²) in [5.41, 5.74) is 6.88. The van der Waals surface area contributed by atoms with Gasteiger partial charge in [0.1, 0.15) is 11.2 Å². The molecule has 0 radical (unpaired) electrons. The van der Waals surface area contributed by atoms with Gasteiger partial charge >= 0.3 is 0 Å². The van der Waals surface area contributed by atoms with Crippen LogP contribution >= 0.6 is 0 Å². The largest absolute Gasteiger partial charge is 0.456 e. The van der Waals surface area contributed by atoms with Crippen molar-refractivity contribution in [2.45, 2.75) is 0 Å². The minimum Gasteiger partial charge on any atom is -0.456 e. The molecule has 0 aliphatic rings. The van der Waals surface area contributed by atoms with E-state index in [1.165, 1.54) is 26.9 Å². The highest BCUT2D eigenvalue weighted by Crippen LogP contribution is 2.42. The molecule has 0 aliphatic carbocycles. The molecule has 9 aromatic carbocycles. The van der Waals surface area contributed by atoms with Crippen molar-refractivity contribution in [1.29, 1.82) is 0 Å². The van der Waals surface area contributed by atoms with Crippen LogP contribution in [0.1, 0.15) is 0 Å². The lowest BCUT2D eigenvalue weighted by Gasteiger charge is -2.14. The fraction of sp³-hybridized carbons (Fsp3) is 0. The van der Waals surface area contributed by atoms with E-state index in [4.69, 9.17) is 19.4 Å². The molecule has 4 heteroatoms. The van der Waals surface area contributed by atoms with Crippen LogP contribution in [0.15, 0.2) is 180 Å². The second-order valence-electron chi connectivity index (χ2n) is 13.5. The van der Waals surface area contributed by atoms with Gasteiger partial charge in [0.2, 0.25) is 0 Å². The third kappa shape index (κ3) is 4.66. The first kappa shape index (κ1) is 29.5. The number of fused-ring (bicyclic) bond motifs is 9. The summed E-state index contributed by atoms with van der Waals surface area (Å²) in [6.07, 6.45) is 0. The summed E-state index contributed by atoms with van der Waals surface area (Å²) in [6, 6.07) is 61.5. The van der Waals surface area contributed by atoms with Crippen LogP contribution in [0, 0.1) is 0 Å². The van der Waals surface area contributed by atoms with Crippen molar-refractivity contribution in [3.8, 4) is 45.3 Å². The lowest BCUT2D eigenvalue weighted by molar-refractivity contribution is 0.669. The molecule has 53 heavy (non-hydrogen) atoms. The Hall–Kier alpha value is -7.17. The van der Waals surface area contributed by atoms with E-state index >= 15 is 0 Å². The fourth-order valence-corrected chi connectivity index (χ4v) is 8.13. The first-order valence-electron chi connectivity index (χ1n) is 17.9. The van der Waals surface area contributed by atoms with Crippen LogP contribution < -0.4 is 0 Å². The monoisotopic (exact) mass is 675 g/mol. The molecule has 246 valence electrons. The highest BCUT2D eigenvalue weighted by atomic mass is 16.3. The molecule has 0 bridgehead atoms. The van der Waals surface area contributed by atoms with Gasteiger partial charge in [-0.05, 0) is 66.3 Å². The number of aromatic nitrogens is 3. The third-order valence-electron chi connectivity index (χ3n) is 10.5. The molecule has 11 aromatic rings. The normalized spacial score (nSPS) is 11.8. The van der Waals surface area contributed by atoms with Crippen LogP contribution in [0.25, 0.3) is 110 Å². The molecule has 0 saturated carbocycles. The van der Waals surface area contributed by atoms with Crippen LogP contribution in [0.2, 0.25) is 0 Å². The van der Waals surface area contributed by atoms with E-state index in [0.717, 1.165) is 65.9 Å². The quantitative estimate of drug-likeness (QED) is 0.174. The van der Waals surface area contributed by atoms with Crippen molar-refractivity contribution in [3.05, 3.63) is 176 Å². The molecule has 0 fully saturated rings. The average molecular weight is 676 g/mol. The third-order valence-corrected chi connectivity index (χ3v) is 10.5. The van der Waals surface area contributed by atoms with Gasteiger partial charge in [0.15, 0.2) is 17.5 Å². The van der Waals surface area contributed by atoms with Crippen molar-refractivity contribution in [3.63, 3.8) is 0 Å². The van der Waals surface area contributed by atoms with E-state index in [0.29, 0.717) is 17.5 Å². The van der Waals surface area contributed by atoms with E-state index in [1.807, 2.05) is 36.4 Å². The van der Waals surface area contributed by atoms with Crippen LogP contribution in [0.3, 0.4) is 0 Å². The van der Waals surface area contributed by atoms with E-state index in [1.54, 1.807) is 0 Å². The highest BCUT2D eigenvalue weighted by Gasteiger charge is 2.19. The van der Waals surface area contributed by atoms with Crippen molar-refractivity contribution in [2.75, 3.05) is 0 Å². The fourth-order valence-electron chi connectivity index (χ4n) is 8.13. The Morgan fingerprint density at radius 1 is 0.283 bits per heavy atom. The molecule has 0 atom stereocenters. The lowest BCUT2D eigenvalue weighted by Crippen LogP contribution is -2.01. The Kier molecular flexibility index (Phi) is 6.52. The predicted octanol–water partition coefficient (Wildman–Crippen LogP) is 13.1. The van der Waals surface area contributed by atoms with Gasteiger partial charge in [0, 0.05) is 27.5 Å². The summed E-state index contributed by atoms with van der Waals surface area (Å²) in [5.74, 6) is 1.91. The van der Waals surface area contributed by atoms with Gasteiger partial charge in [0.25, 0.3) is 0 Å². The summed E-state index contributed by atoms with van der Waals surface area (Å²) in [6.45, 7) is 0. The van der Waals surface area contributed by atoms with Gasteiger partial charge in [-0.15, -0.1) is 0 Å². The summed E-state index contributed by atoms with van der Waals surface area (Å²) in [5, 5.41) is 11.6. The van der Waals surface area contributed by atoms with E-state index < -0.39 is 0 Å². The second kappa shape index (κ2) is 11.7. The number of nitrogens with zero attached hydrogens (tertiary/aromatic N) is 3. The van der Waals surface area contributed by atoms with Gasteiger partial charge in [-0.3, -0.25) is 0 Å². The molecule has 11 rings (SSSR count). The zero-order valence-corrected chi connectivity index (χ0v) is 28.5. The minimum absolute atomic E-state index is 0.631. The SMILES string of the molecule is c1ccc(-c2nc(-c3cccc4c(-c5cccc6oc7ccccc7c56)cccc34)nc(-c3cccc4c3ccc3ccc5ccccc5c34)n2)cc1. The van der Waals surface area contributed by atoms with Gasteiger partial charge in [-0.2, -0.15) is 0 Å². The number of rotatable bonds is 4. The van der Waals surface area contributed by atoms with Crippen molar-refractivity contribution in [1.82, 2.24) is 15.0 Å². The molecular formula is C49H29N3O. The predicted molar refractivity (Wildman–Crippen MR) is 219 cm³/mol. The Morgan fingerprint density at radius 3 is 1.62 bits per heavy atom.